The van der Waals surface area contributed by atoms with E-state index in [1.807, 2.05) is 42.1 Å². The van der Waals surface area contributed by atoms with Crippen molar-refractivity contribution in [1.82, 2.24) is 9.80 Å². The van der Waals surface area contributed by atoms with Crippen molar-refractivity contribution in [2.75, 3.05) is 27.4 Å². The molecule has 1 heterocycles. The minimum absolute atomic E-state index is 0.153. The molecule has 5 heteroatoms. The molecule has 142 valence electrons. The number of fused-ring (bicyclic) bond motifs is 2. The standard InChI is InChI=1S/C22H26N2O3/c1-23(13-16-10-11-20-21(12-16)27-15-26-20)14-22(25)24(2)19-9-5-7-17-6-3-4-8-18(17)19/h3-4,6,8,10-12,19H,5,7,9,13-15H2,1-2H3. The van der Waals surface area contributed by atoms with Crippen LogP contribution < -0.4 is 9.47 Å². The highest BCUT2D eigenvalue weighted by atomic mass is 16.7. The minimum Gasteiger partial charge on any atom is -0.454 e. The van der Waals surface area contributed by atoms with Crippen LogP contribution in [-0.2, 0) is 17.8 Å². The van der Waals surface area contributed by atoms with E-state index in [-0.39, 0.29) is 18.7 Å². The van der Waals surface area contributed by atoms with Crippen molar-refractivity contribution in [3.63, 3.8) is 0 Å². The van der Waals surface area contributed by atoms with Crippen LogP contribution in [0.25, 0.3) is 0 Å². The highest BCUT2D eigenvalue weighted by Crippen LogP contribution is 2.34. The number of aryl methyl sites for hydroxylation is 1. The number of carbonyl (C=O) groups excluding carboxylic acids is 1. The first-order valence-electron chi connectivity index (χ1n) is 9.52. The lowest BCUT2D eigenvalue weighted by molar-refractivity contribution is -0.133. The monoisotopic (exact) mass is 366 g/mol. The highest BCUT2D eigenvalue weighted by molar-refractivity contribution is 5.78. The number of ether oxygens (including phenoxy) is 2. The maximum atomic E-state index is 12.9. The van der Waals surface area contributed by atoms with E-state index in [4.69, 9.17) is 9.47 Å². The summed E-state index contributed by atoms with van der Waals surface area (Å²) in [5, 5.41) is 0. The normalized spacial score (nSPS) is 17.7. The number of benzene rings is 2. The quantitative estimate of drug-likeness (QED) is 0.814. The van der Waals surface area contributed by atoms with Crippen LogP contribution in [0.3, 0.4) is 0 Å². The summed E-state index contributed by atoms with van der Waals surface area (Å²) >= 11 is 0. The summed E-state index contributed by atoms with van der Waals surface area (Å²) in [6.45, 7) is 1.36. The predicted molar refractivity (Wildman–Crippen MR) is 104 cm³/mol. The molecular weight excluding hydrogens is 340 g/mol. The molecule has 0 bridgehead atoms. The third kappa shape index (κ3) is 3.78. The molecular formula is C22H26N2O3. The number of rotatable bonds is 5. The van der Waals surface area contributed by atoms with Crippen LogP contribution in [0.5, 0.6) is 11.5 Å². The topological polar surface area (TPSA) is 42.0 Å². The zero-order valence-corrected chi connectivity index (χ0v) is 16.0. The van der Waals surface area contributed by atoms with Gasteiger partial charge in [-0.2, -0.15) is 0 Å². The van der Waals surface area contributed by atoms with E-state index in [2.05, 4.69) is 24.3 Å². The van der Waals surface area contributed by atoms with Gasteiger partial charge in [-0.25, -0.2) is 0 Å². The van der Waals surface area contributed by atoms with Gasteiger partial charge in [0.15, 0.2) is 11.5 Å². The zero-order chi connectivity index (χ0) is 18.8. The van der Waals surface area contributed by atoms with Crippen molar-refractivity contribution >= 4 is 5.91 Å². The molecule has 0 radical (unpaired) electrons. The van der Waals surface area contributed by atoms with Crippen LogP contribution in [0.4, 0.5) is 0 Å². The Kier molecular flexibility index (Phi) is 5.03. The maximum absolute atomic E-state index is 12.9. The Bertz CT molecular complexity index is 836. The van der Waals surface area contributed by atoms with E-state index in [0.29, 0.717) is 13.1 Å². The molecule has 0 spiro atoms. The SMILES string of the molecule is CN(CC(=O)N(C)C1CCCc2ccccc21)Cc1ccc2c(c1)OCO2. The van der Waals surface area contributed by atoms with Crippen molar-refractivity contribution in [2.24, 2.45) is 0 Å². The third-order valence-electron chi connectivity index (χ3n) is 5.49. The molecule has 0 fully saturated rings. The Labute approximate surface area is 160 Å². The van der Waals surface area contributed by atoms with Crippen LogP contribution in [0.2, 0.25) is 0 Å². The summed E-state index contributed by atoms with van der Waals surface area (Å²) in [5.74, 6) is 1.72. The molecule has 0 saturated carbocycles. The average molecular weight is 366 g/mol. The molecule has 27 heavy (non-hydrogen) atoms. The largest absolute Gasteiger partial charge is 0.454 e. The average Bonchev–Trinajstić information content (AvgIpc) is 3.14. The van der Waals surface area contributed by atoms with E-state index >= 15 is 0 Å². The zero-order valence-electron chi connectivity index (χ0n) is 16.0. The maximum Gasteiger partial charge on any atom is 0.237 e. The van der Waals surface area contributed by atoms with Crippen molar-refractivity contribution in [2.45, 2.75) is 31.8 Å². The number of likely N-dealkylation sites (N-methyl/N-ethyl adjacent to an activating group) is 2. The summed E-state index contributed by atoms with van der Waals surface area (Å²) in [6, 6.07) is 14.6. The summed E-state index contributed by atoms with van der Waals surface area (Å²) in [7, 11) is 3.91. The Morgan fingerprint density at radius 3 is 2.81 bits per heavy atom. The van der Waals surface area contributed by atoms with Gasteiger partial charge in [-0.3, -0.25) is 9.69 Å². The van der Waals surface area contributed by atoms with E-state index in [0.717, 1.165) is 36.3 Å². The third-order valence-corrected chi connectivity index (χ3v) is 5.49. The molecule has 1 aliphatic heterocycles. The molecule has 1 atom stereocenters. The first-order valence-corrected chi connectivity index (χ1v) is 9.52. The first kappa shape index (κ1) is 17.9. The molecule has 0 aromatic heterocycles. The van der Waals surface area contributed by atoms with Gasteiger partial charge in [0, 0.05) is 13.6 Å². The van der Waals surface area contributed by atoms with Gasteiger partial charge in [-0.1, -0.05) is 30.3 Å². The summed E-state index contributed by atoms with van der Waals surface area (Å²) in [6.07, 6.45) is 3.27. The molecule has 0 saturated heterocycles. The highest BCUT2D eigenvalue weighted by Gasteiger charge is 2.27. The minimum atomic E-state index is 0.153. The fourth-order valence-corrected chi connectivity index (χ4v) is 4.05. The van der Waals surface area contributed by atoms with E-state index < -0.39 is 0 Å². The lowest BCUT2D eigenvalue weighted by atomic mass is 9.87. The smallest absolute Gasteiger partial charge is 0.237 e. The molecule has 1 amide bonds. The Hall–Kier alpha value is -2.53. The van der Waals surface area contributed by atoms with Crippen LogP contribution in [-0.4, -0.2) is 43.1 Å². The summed E-state index contributed by atoms with van der Waals surface area (Å²) < 4.78 is 10.8. The lowest BCUT2D eigenvalue weighted by Gasteiger charge is -2.34. The molecule has 2 aromatic rings. The van der Waals surface area contributed by atoms with Crippen LogP contribution >= 0.6 is 0 Å². The van der Waals surface area contributed by atoms with E-state index in [1.54, 1.807) is 0 Å². The Morgan fingerprint density at radius 1 is 1.11 bits per heavy atom. The Balaban J connectivity index is 1.38. The van der Waals surface area contributed by atoms with Gasteiger partial charge in [-0.05, 0) is 55.1 Å². The van der Waals surface area contributed by atoms with Crippen molar-refractivity contribution in [1.29, 1.82) is 0 Å². The van der Waals surface area contributed by atoms with Gasteiger partial charge >= 0.3 is 0 Å². The molecule has 1 unspecified atom stereocenters. The molecule has 4 rings (SSSR count). The van der Waals surface area contributed by atoms with Crippen LogP contribution in [0, 0.1) is 0 Å². The number of carbonyl (C=O) groups is 1. The van der Waals surface area contributed by atoms with Gasteiger partial charge < -0.3 is 14.4 Å². The lowest BCUT2D eigenvalue weighted by Crippen LogP contribution is -2.39. The fourth-order valence-electron chi connectivity index (χ4n) is 4.05. The number of nitrogens with zero attached hydrogens (tertiary/aromatic N) is 2. The molecule has 1 aliphatic carbocycles. The Morgan fingerprint density at radius 2 is 1.93 bits per heavy atom. The van der Waals surface area contributed by atoms with Crippen molar-refractivity contribution in [3.05, 3.63) is 59.2 Å². The van der Waals surface area contributed by atoms with Crippen molar-refractivity contribution < 1.29 is 14.3 Å². The second-order valence-electron chi connectivity index (χ2n) is 7.47. The van der Waals surface area contributed by atoms with Crippen molar-refractivity contribution in [3.8, 4) is 11.5 Å². The number of amides is 1. The van der Waals surface area contributed by atoms with Gasteiger partial charge in [0.2, 0.25) is 12.7 Å². The molecule has 2 aliphatic rings. The molecule has 0 N–H and O–H groups in total. The van der Waals surface area contributed by atoms with Gasteiger partial charge in [0.1, 0.15) is 0 Å². The van der Waals surface area contributed by atoms with Gasteiger partial charge in [0.05, 0.1) is 12.6 Å². The second-order valence-corrected chi connectivity index (χ2v) is 7.47. The van der Waals surface area contributed by atoms with Crippen LogP contribution in [0.1, 0.15) is 35.6 Å². The number of hydrogen-bond donors (Lipinski definition) is 0. The van der Waals surface area contributed by atoms with Crippen LogP contribution in [0.15, 0.2) is 42.5 Å². The number of hydrogen-bond acceptors (Lipinski definition) is 4. The van der Waals surface area contributed by atoms with E-state index in [9.17, 15) is 4.79 Å². The fraction of sp³-hybridized carbons (Fsp3) is 0.409. The second kappa shape index (κ2) is 7.61. The van der Waals surface area contributed by atoms with Gasteiger partial charge in [0.25, 0.3) is 0 Å². The summed E-state index contributed by atoms with van der Waals surface area (Å²) in [4.78, 5) is 16.9. The molecule has 2 aromatic carbocycles. The van der Waals surface area contributed by atoms with E-state index in [1.165, 1.54) is 11.1 Å². The molecule has 5 nitrogen and oxygen atoms in total. The predicted octanol–water partition coefficient (Wildman–Crippen LogP) is 3.38. The first-order chi connectivity index (χ1) is 13.1. The summed E-state index contributed by atoms with van der Waals surface area (Å²) in [5.41, 5.74) is 3.79. The van der Waals surface area contributed by atoms with Gasteiger partial charge in [-0.15, -0.1) is 0 Å².